The van der Waals surface area contributed by atoms with Gasteiger partial charge in [-0.1, -0.05) is 54.6 Å². The average Bonchev–Trinajstić information content (AvgIpc) is 2.50. The molecule has 0 spiro atoms. The third-order valence-electron chi connectivity index (χ3n) is 2.88. The third kappa shape index (κ3) is 2.83. The molecule has 91 valence electrons. The van der Waals surface area contributed by atoms with Crippen LogP contribution >= 0.6 is 0 Å². The van der Waals surface area contributed by atoms with E-state index in [4.69, 9.17) is 4.74 Å². The molecule has 3 aromatic rings. The van der Waals surface area contributed by atoms with Gasteiger partial charge in [0, 0.05) is 0 Å². The maximum absolute atomic E-state index is 5.75. The van der Waals surface area contributed by atoms with E-state index < -0.39 is 0 Å². The second-order valence-electron chi connectivity index (χ2n) is 4.23. The molecule has 0 aliphatic rings. The molecule has 0 saturated carbocycles. The zero-order valence-electron chi connectivity index (χ0n) is 10.4. The predicted octanol–water partition coefficient (Wildman–Crippen LogP) is 4.95. The summed E-state index contributed by atoms with van der Waals surface area (Å²) in [5, 5.41) is 0. The topological polar surface area (TPSA) is 9.23 Å². The van der Waals surface area contributed by atoms with Crippen LogP contribution in [0, 0.1) is 6.07 Å². The Labute approximate surface area is 113 Å². The van der Waals surface area contributed by atoms with E-state index in [1.54, 1.807) is 0 Å². The van der Waals surface area contributed by atoms with Gasteiger partial charge in [0.1, 0.15) is 11.5 Å². The standard InChI is InChI=1S/C18H13O/c1-3-7-15(8-4-1)16-11-13-18(14-12-16)19-17-9-5-2-6-10-17/h1,3-14H. The second-order valence-corrected chi connectivity index (χ2v) is 4.23. The van der Waals surface area contributed by atoms with Gasteiger partial charge in [-0.15, -0.1) is 0 Å². The van der Waals surface area contributed by atoms with Crippen molar-refractivity contribution in [2.45, 2.75) is 0 Å². The first-order chi connectivity index (χ1) is 9.42. The largest absolute Gasteiger partial charge is 0.457 e. The molecule has 0 aromatic heterocycles. The van der Waals surface area contributed by atoms with Gasteiger partial charge in [-0.25, -0.2) is 0 Å². The van der Waals surface area contributed by atoms with Crippen LogP contribution in [0.1, 0.15) is 0 Å². The lowest BCUT2D eigenvalue weighted by atomic mass is 10.1. The number of rotatable bonds is 3. The Kier molecular flexibility index (Phi) is 3.28. The highest BCUT2D eigenvalue weighted by Crippen LogP contribution is 2.25. The molecule has 0 aliphatic carbocycles. The molecule has 0 N–H and O–H groups in total. The van der Waals surface area contributed by atoms with Crippen molar-refractivity contribution in [3.8, 4) is 22.6 Å². The minimum Gasteiger partial charge on any atom is -0.457 e. The molecule has 0 unspecified atom stereocenters. The second kappa shape index (κ2) is 5.40. The smallest absolute Gasteiger partial charge is 0.127 e. The van der Waals surface area contributed by atoms with Gasteiger partial charge in [-0.2, -0.15) is 0 Å². The molecule has 0 bridgehead atoms. The van der Waals surface area contributed by atoms with Crippen LogP contribution in [0.25, 0.3) is 11.1 Å². The van der Waals surface area contributed by atoms with E-state index in [-0.39, 0.29) is 0 Å². The van der Waals surface area contributed by atoms with Crippen molar-refractivity contribution in [1.29, 1.82) is 0 Å². The van der Waals surface area contributed by atoms with Gasteiger partial charge < -0.3 is 4.74 Å². The lowest BCUT2D eigenvalue weighted by molar-refractivity contribution is 0.483. The van der Waals surface area contributed by atoms with Crippen LogP contribution in [0.4, 0.5) is 0 Å². The summed E-state index contributed by atoms with van der Waals surface area (Å²) in [5.74, 6) is 1.66. The van der Waals surface area contributed by atoms with Gasteiger partial charge in [-0.05, 0) is 41.5 Å². The third-order valence-corrected chi connectivity index (χ3v) is 2.88. The fourth-order valence-corrected chi connectivity index (χ4v) is 1.92. The minimum absolute atomic E-state index is 0.825. The molecule has 19 heavy (non-hydrogen) atoms. The monoisotopic (exact) mass is 245 g/mol. The van der Waals surface area contributed by atoms with Crippen molar-refractivity contribution in [3.63, 3.8) is 0 Å². The van der Waals surface area contributed by atoms with Crippen LogP contribution < -0.4 is 4.74 Å². The summed E-state index contributed by atoms with van der Waals surface area (Å²) in [5.41, 5.74) is 2.40. The van der Waals surface area contributed by atoms with Crippen molar-refractivity contribution >= 4 is 0 Å². The summed E-state index contributed by atoms with van der Waals surface area (Å²) in [6.07, 6.45) is 0. The summed E-state index contributed by atoms with van der Waals surface area (Å²) in [6.45, 7) is 0. The van der Waals surface area contributed by atoms with Crippen molar-refractivity contribution < 1.29 is 4.74 Å². The molecule has 3 rings (SSSR count). The molecule has 0 atom stereocenters. The summed E-state index contributed by atoms with van der Waals surface area (Å²) in [7, 11) is 0. The van der Waals surface area contributed by atoms with Gasteiger partial charge in [0.15, 0.2) is 0 Å². The van der Waals surface area contributed by atoms with Crippen LogP contribution in [0.2, 0.25) is 0 Å². The summed E-state index contributed by atoms with van der Waals surface area (Å²) in [4.78, 5) is 0. The Balaban J connectivity index is 1.80. The van der Waals surface area contributed by atoms with E-state index >= 15 is 0 Å². The van der Waals surface area contributed by atoms with Crippen molar-refractivity contribution in [2.24, 2.45) is 0 Å². The molecule has 0 saturated heterocycles. The molecule has 1 radical (unpaired) electrons. The Morgan fingerprint density at radius 2 is 1.16 bits per heavy atom. The highest BCUT2D eigenvalue weighted by Gasteiger charge is 1.99. The molecule has 0 heterocycles. The normalized spacial score (nSPS) is 10.1. The van der Waals surface area contributed by atoms with E-state index in [1.807, 2.05) is 54.6 Å². The Bertz CT molecular complexity index is 628. The lowest BCUT2D eigenvalue weighted by Gasteiger charge is -2.06. The first kappa shape index (κ1) is 11.5. The average molecular weight is 245 g/mol. The molecular formula is C18H13O. The first-order valence-electron chi connectivity index (χ1n) is 6.21. The minimum atomic E-state index is 0.825. The molecule has 0 amide bonds. The molecule has 0 aliphatic heterocycles. The van der Waals surface area contributed by atoms with E-state index in [1.165, 1.54) is 11.1 Å². The maximum Gasteiger partial charge on any atom is 0.127 e. The van der Waals surface area contributed by atoms with Crippen molar-refractivity contribution in [1.82, 2.24) is 0 Å². The van der Waals surface area contributed by atoms with Gasteiger partial charge in [0.05, 0.1) is 0 Å². The van der Waals surface area contributed by atoms with E-state index in [9.17, 15) is 0 Å². The molecule has 1 nitrogen and oxygen atoms in total. The van der Waals surface area contributed by atoms with Crippen LogP contribution in [0.5, 0.6) is 11.5 Å². The Morgan fingerprint density at radius 3 is 1.84 bits per heavy atom. The van der Waals surface area contributed by atoms with Crippen LogP contribution in [-0.4, -0.2) is 0 Å². The summed E-state index contributed by atoms with van der Waals surface area (Å²) >= 11 is 0. The number of benzene rings is 3. The quantitative estimate of drug-likeness (QED) is 0.634. The fraction of sp³-hybridized carbons (Fsp3) is 0. The van der Waals surface area contributed by atoms with Gasteiger partial charge in [0.2, 0.25) is 0 Å². The highest BCUT2D eigenvalue weighted by atomic mass is 16.5. The first-order valence-corrected chi connectivity index (χ1v) is 6.21. The summed E-state index contributed by atoms with van der Waals surface area (Å²) in [6, 6.07) is 28.9. The van der Waals surface area contributed by atoms with Gasteiger partial charge in [0.25, 0.3) is 0 Å². The number of hydrogen-bond donors (Lipinski definition) is 0. The predicted molar refractivity (Wildman–Crippen MR) is 77.2 cm³/mol. The maximum atomic E-state index is 5.75. The molecule has 0 fully saturated rings. The van der Waals surface area contributed by atoms with Crippen molar-refractivity contribution in [3.05, 3.63) is 84.9 Å². The van der Waals surface area contributed by atoms with Crippen LogP contribution in [0.3, 0.4) is 0 Å². The molecule has 3 aromatic carbocycles. The van der Waals surface area contributed by atoms with Gasteiger partial charge >= 0.3 is 0 Å². The van der Waals surface area contributed by atoms with Gasteiger partial charge in [-0.3, -0.25) is 0 Å². The van der Waals surface area contributed by atoms with Crippen LogP contribution in [0.15, 0.2) is 78.9 Å². The van der Waals surface area contributed by atoms with E-state index in [2.05, 4.69) is 30.3 Å². The number of hydrogen-bond acceptors (Lipinski definition) is 1. The lowest BCUT2D eigenvalue weighted by Crippen LogP contribution is -1.83. The zero-order chi connectivity index (χ0) is 12.9. The van der Waals surface area contributed by atoms with Crippen LogP contribution in [-0.2, 0) is 0 Å². The number of ether oxygens (including phenoxy) is 1. The van der Waals surface area contributed by atoms with E-state index in [0.717, 1.165) is 11.5 Å². The highest BCUT2D eigenvalue weighted by molar-refractivity contribution is 5.64. The van der Waals surface area contributed by atoms with Crippen molar-refractivity contribution in [2.75, 3.05) is 0 Å². The Morgan fingerprint density at radius 1 is 0.579 bits per heavy atom. The Hall–Kier alpha value is -2.54. The van der Waals surface area contributed by atoms with E-state index in [0.29, 0.717) is 0 Å². The fourth-order valence-electron chi connectivity index (χ4n) is 1.92. The SMILES string of the molecule is [c]1ccc(Oc2ccc(-c3ccccc3)cc2)cc1. The molecule has 1 heteroatoms. The summed E-state index contributed by atoms with van der Waals surface area (Å²) < 4.78 is 5.75. The zero-order valence-corrected chi connectivity index (χ0v) is 10.4. The molecular weight excluding hydrogens is 232 g/mol.